The first kappa shape index (κ1) is 6.72. The maximum absolute atomic E-state index is 10.7. The Labute approximate surface area is 55.9 Å². The normalized spacial score (nSPS) is 58.4. The minimum atomic E-state index is -3.45. The highest BCUT2D eigenvalue weighted by Crippen LogP contribution is 2.72. The standard InChI is InChI=1S/C3H5O6P/c4-1-2-3(5)8-10(6,7-2)9-3/h2,4-5H,1H2. The van der Waals surface area contributed by atoms with Crippen LogP contribution >= 0.6 is 7.82 Å². The molecular formula is C3H5O6P. The van der Waals surface area contributed by atoms with Gasteiger partial charge in [0.1, 0.15) is 0 Å². The van der Waals surface area contributed by atoms with Crippen LogP contribution in [-0.4, -0.2) is 28.9 Å². The fourth-order valence-corrected chi connectivity index (χ4v) is 2.35. The molecular weight excluding hydrogens is 163 g/mol. The molecule has 0 aliphatic carbocycles. The Morgan fingerprint density at radius 2 is 2.20 bits per heavy atom. The Bertz CT molecular complexity index is 203. The number of hydrogen-bond acceptors (Lipinski definition) is 6. The topological polar surface area (TPSA) is 85.2 Å². The Balaban J connectivity index is 2.24. The summed E-state index contributed by atoms with van der Waals surface area (Å²) in [5.74, 6) is -1.97. The highest BCUT2D eigenvalue weighted by molar-refractivity contribution is 7.50. The molecule has 1 unspecified atom stereocenters. The van der Waals surface area contributed by atoms with Crippen molar-refractivity contribution < 1.29 is 28.3 Å². The second-order valence-corrected chi connectivity index (χ2v) is 3.51. The first-order valence-corrected chi connectivity index (χ1v) is 4.07. The number of fused-ring (bicyclic) bond motifs is 1. The molecule has 6 nitrogen and oxygen atoms in total. The fourth-order valence-electron chi connectivity index (χ4n) is 0.859. The van der Waals surface area contributed by atoms with Crippen molar-refractivity contribution in [2.45, 2.75) is 12.1 Å². The molecule has 3 rings (SSSR count). The lowest BCUT2D eigenvalue weighted by Crippen LogP contribution is -2.45. The van der Waals surface area contributed by atoms with Crippen molar-refractivity contribution in [3.8, 4) is 0 Å². The van der Waals surface area contributed by atoms with Gasteiger partial charge in [0.15, 0.2) is 6.10 Å². The summed E-state index contributed by atoms with van der Waals surface area (Å²) in [6, 6.07) is 0. The van der Waals surface area contributed by atoms with E-state index >= 15 is 0 Å². The van der Waals surface area contributed by atoms with E-state index in [-0.39, 0.29) is 0 Å². The van der Waals surface area contributed by atoms with E-state index in [0.29, 0.717) is 0 Å². The van der Waals surface area contributed by atoms with E-state index in [4.69, 9.17) is 10.2 Å². The van der Waals surface area contributed by atoms with E-state index in [2.05, 4.69) is 13.6 Å². The SMILES string of the molecule is O=P12OC(CO)C(O)(O1)O2. The molecule has 7 heteroatoms. The van der Waals surface area contributed by atoms with Gasteiger partial charge < -0.3 is 10.2 Å². The van der Waals surface area contributed by atoms with Gasteiger partial charge in [-0.15, -0.1) is 0 Å². The summed E-state index contributed by atoms with van der Waals surface area (Å²) in [6.45, 7) is -0.486. The van der Waals surface area contributed by atoms with Crippen LogP contribution in [0.2, 0.25) is 0 Å². The average molecular weight is 168 g/mol. The van der Waals surface area contributed by atoms with E-state index in [0.717, 1.165) is 0 Å². The van der Waals surface area contributed by atoms with Gasteiger partial charge in [-0.1, -0.05) is 0 Å². The maximum Gasteiger partial charge on any atom is 0.484 e. The molecule has 10 heavy (non-hydrogen) atoms. The molecule has 3 heterocycles. The minimum absolute atomic E-state index is 0.486. The molecule has 3 aliphatic rings. The van der Waals surface area contributed by atoms with E-state index in [1.807, 2.05) is 0 Å². The second-order valence-electron chi connectivity index (χ2n) is 2.04. The molecule has 0 aromatic rings. The summed E-state index contributed by atoms with van der Waals surface area (Å²) >= 11 is 0. The minimum Gasteiger partial charge on any atom is -0.393 e. The first-order valence-electron chi connectivity index (χ1n) is 2.61. The lowest BCUT2D eigenvalue weighted by molar-refractivity contribution is -0.326. The molecule has 0 aromatic heterocycles. The maximum atomic E-state index is 10.7. The third-order valence-corrected chi connectivity index (χ3v) is 2.80. The molecule has 2 bridgehead atoms. The largest absolute Gasteiger partial charge is 0.484 e. The summed E-state index contributed by atoms with van der Waals surface area (Å²) in [5.41, 5.74) is 0. The van der Waals surface area contributed by atoms with Crippen molar-refractivity contribution in [1.82, 2.24) is 0 Å². The van der Waals surface area contributed by atoms with E-state index in [9.17, 15) is 4.57 Å². The number of phosphoric acid groups is 1. The smallest absolute Gasteiger partial charge is 0.393 e. The van der Waals surface area contributed by atoms with Crippen LogP contribution in [0.25, 0.3) is 0 Å². The van der Waals surface area contributed by atoms with Crippen molar-refractivity contribution in [3.05, 3.63) is 0 Å². The highest BCUT2D eigenvalue weighted by Gasteiger charge is 2.71. The van der Waals surface area contributed by atoms with Crippen molar-refractivity contribution in [2.75, 3.05) is 6.61 Å². The molecule has 3 aliphatic heterocycles. The molecule has 0 aromatic carbocycles. The fraction of sp³-hybridized carbons (Fsp3) is 1.00. The molecule has 2 N–H and O–H groups in total. The second kappa shape index (κ2) is 1.61. The van der Waals surface area contributed by atoms with Gasteiger partial charge >= 0.3 is 13.8 Å². The zero-order valence-corrected chi connectivity index (χ0v) is 5.65. The van der Waals surface area contributed by atoms with Gasteiger partial charge in [0, 0.05) is 0 Å². The molecule has 0 radical (unpaired) electrons. The van der Waals surface area contributed by atoms with Crippen LogP contribution in [-0.2, 0) is 18.1 Å². The molecule has 0 amide bonds. The van der Waals surface area contributed by atoms with Crippen molar-refractivity contribution in [3.63, 3.8) is 0 Å². The number of hydrogen-bond donors (Lipinski definition) is 2. The lowest BCUT2D eigenvalue weighted by atomic mass is 10.3. The van der Waals surface area contributed by atoms with Gasteiger partial charge in [0.05, 0.1) is 6.61 Å². The summed E-state index contributed by atoms with van der Waals surface area (Å²) in [6.07, 6.45) is -1.04. The first-order chi connectivity index (χ1) is 4.58. The quantitative estimate of drug-likeness (QED) is 0.497. The number of phosphoric ester groups is 1. The Morgan fingerprint density at radius 1 is 1.60 bits per heavy atom. The van der Waals surface area contributed by atoms with Crippen LogP contribution < -0.4 is 0 Å². The zero-order valence-electron chi connectivity index (χ0n) is 4.76. The van der Waals surface area contributed by atoms with Crippen molar-refractivity contribution in [1.29, 1.82) is 0 Å². The molecule has 3 fully saturated rings. The van der Waals surface area contributed by atoms with Crippen LogP contribution in [0, 0.1) is 0 Å². The van der Waals surface area contributed by atoms with Crippen LogP contribution in [0.3, 0.4) is 0 Å². The lowest BCUT2D eigenvalue weighted by Gasteiger charge is -2.29. The number of rotatable bonds is 1. The van der Waals surface area contributed by atoms with Crippen LogP contribution in [0.1, 0.15) is 0 Å². The Kier molecular flexibility index (Phi) is 1.08. The number of aliphatic hydroxyl groups excluding tert-OH is 1. The Hall–Kier alpha value is 0.0300. The van der Waals surface area contributed by atoms with Crippen molar-refractivity contribution in [2.24, 2.45) is 0 Å². The monoisotopic (exact) mass is 168 g/mol. The summed E-state index contributed by atoms with van der Waals surface area (Å²) in [4.78, 5) is 0. The summed E-state index contributed by atoms with van der Waals surface area (Å²) in [5, 5.41) is 17.5. The van der Waals surface area contributed by atoms with Crippen LogP contribution in [0.15, 0.2) is 0 Å². The van der Waals surface area contributed by atoms with Crippen LogP contribution in [0.5, 0.6) is 0 Å². The number of aliphatic hydroxyl groups is 2. The van der Waals surface area contributed by atoms with Gasteiger partial charge in [-0.2, -0.15) is 0 Å². The van der Waals surface area contributed by atoms with Gasteiger partial charge in [-0.05, 0) is 0 Å². The van der Waals surface area contributed by atoms with Gasteiger partial charge in [0.25, 0.3) is 0 Å². The zero-order chi connectivity index (χ0) is 7.41. The van der Waals surface area contributed by atoms with Gasteiger partial charge in [-0.3, -0.25) is 4.52 Å². The van der Waals surface area contributed by atoms with Gasteiger partial charge in [-0.25, -0.2) is 13.6 Å². The van der Waals surface area contributed by atoms with E-state index in [1.165, 1.54) is 0 Å². The molecule has 0 saturated carbocycles. The van der Waals surface area contributed by atoms with Crippen LogP contribution in [0.4, 0.5) is 0 Å². The molecule has 58 valence electrons. The van der Waals surface area contributed by atoms with E-state index in [1.54, 1.807) is 0 Å². The highest BCUT2D eigenvalue weighted by atomic mass is 31.2. The summed E-state index contributed by atoms with van der Waals surface area (Å²) < 4.78 is 23.9. The predicted molar refractivity (Wildman–Crippen MR) is 26.7 cm³/mol. The van der Waals surface area contributed by atoms with Gasteiger partial charge in [0.2, 0.25) is 0 Å². The Morgan fingerprint density at radius 3 is 2.40 bits per heavy atom. The predicted octanol–water partition coefficient (Wildman–Crippen LogP) is -0.822. The third kappa shape index (κ3) is 0.633. The molecule has 1 atom stereocenters. The third-order valence-electron chi connectivity index (χ3n) is 1.31. The average Bonchev–Trinajstić information content (AvgIpc) is 2.13. The van der Waals surface area contributed by atoms with E-state index < -0.39 is 26.5 Å². The molecule has 0 spiro atoms. The van der Waals surface area contributed by atoms with Crippen molar-refractivity contribution >= 4 is 7.82 Å². The summed E-state index contributed by atoms with van der Waals surface area (Å²) in [7, 11) is -3.45. The molecule has 3 saturated heterocycles.